The van der Waals surface area contributed by atoms with Gasteiger partial charge in [0.2, 0.25) is 11.8 Å². The van der Waals surface area contributed by atoms with Gasteiger partial charge in [0.25, 0.3) is 0 Å². The monoisotopic (exact) mass is 433 g/mol. The molecule has 1 aromatic heterocycles. The van der Waals surface area contributed by atoms with Crippen molar-refractivity contribution in [3.8, 4) is 11.1 Å². The summed E-state index contributed by atoms with van der Waals surface area (Å²) in [5.74, 6) is 0.674. The van der Waals surface area contributed by atoms with Crippen LogP contribution < -0.4 is 0 Å². The average Bonchev–Trinajstić information content (AvgIpc) is 2.85. The minimum atomic E-state index is -0.476. The van der Waals surface area contributed by atoms with Crippen LogP contribution >= 0.6 is 0 Å². The molecule has 2 fully saturated rings. The molecule has 0 atom stereocenters. The molecule has 4 rings (SSSR count). The van der Waals surface area contributed by atoms with Crippen molar-refractivity contribution < 1.29 is 9.59 Å². The Bertz CT molecular complexity index is 927. The zero-order chi connectivity index (χ0) is 22.6. The predicted molar refractivity (Wildman–Crippen MR) is 127 cm³/mol. The van der Waals surface area contributed by atoms with Crippen LogP contribution in [0.25, 0.3) is 11.1 Å². The summed E-state index contributed by atoms with van der Waals surface area (Å²) < 4.78 is 0. The Kier molecular flexibility index (Phi) is 6.92. The Morgan fingerprint density at radius 2 is 1.66 bits per heavy atom. The van der Waals surface area contributed by atoms with Crippen molar-refractivity contribution in [3.63, 3.8) is 0 Å². The minimum absolute atomic E-state index is 0.173. The van der Waals surface area contributed by atoms with Gasteiger partial charge in [-0.1, -0.05) is 43.5 Å². The lowest BCUT2D eigenvalue weighted by Gasteiger charge is -2.43. The first-order chi connectivity index (χ1) is 15.5. The number of aromatic nitrogens is 1. The molecule has 32 heavy (non-hydrogen) atoms. The molecule has 170 valence electrons. The van der Waals surface area contributed by atoms with Crippen molar-refractivity contribution in [2.45, 2.75) is 51.4 Å². The third kappa shape index (κ3) is 4.72. The number of benzene rings is 1. The summed E-state index contributed by atoms with van der Waals surface area (Å²) >= 11 is 0. The molecule has 2 amide bonds. The fraction of sp³-hybridized carbons (Fsp3) is 0.519. The number of amides is 2. The molecule has 1 aliphatic carbocycles. The second kappa shape index (κ2) is 9.85. The molecule has 5 nitrogen and oxygen atoms in total. The lowest BCUT2D eigenvalue weighted by atomic mass is 9.71. The van der Waals surface area contributed by atoms with Crippen LogP contribution in [-0.4, -0.2) is 53.8 Å². The van der Waals surface area contributed by atoms with Crippen molar-refractivity contribution in [2.75, 3.05) is 27.2 Å². The van der Waals surface area contributed by atoms with Gasteiger partial charge < -0.3 is 9.80 Å². The fourth-order valence-electron chi connectivity index (χ4n) is 5.56. The van der Waals surface area contributed by atoms with Crippen LogP contribution in [0, 0.1) is 11.3 Å². The molecule has 2 heterocycles. The zero-order valence-corrected chi connectivity index (χ0v) is 19.4. The van der Waals surface area contributed by atoms with E-state index < -0.39 is 5.41 Å². The van der Waals surface area contributed by atoms with Crippen LogP contribution in [0.5, 0.6) is 0 Å². The Balaban J connectivity index is 1.56. The molecule has 1 aromatic carbocycles. The van der Waals surface area contributed by atoms with E-state index in [0.717, 1.165) is 24.0 Å². The first-order valence-corrected chi connectivity index (χ1v) is 12.0. The second-order valence-electron chi connectivity index (χ2n) is 9.71. The highest BCUT2D eigenvalue weighted by molar-refractivity contribution is 5.84. The lowest BCUT2D eigenvalue weighted by Crippen LogP contribution is -2.52. The molecule has 5 heteroatoms. The number of likely N-dealkylation sites (tertiary alicyclic amines) is 1. The zero-order valence-electron chi connectivity index (χ0n) is 19.4. The Morgan fingerprint density at radius 1 is 1.00 bits per heavy atom. The van der Waals surface area contributed by atoms with Gasteiger partial charge in [-0.2, -0.15) is 0 Å². The van der Waals surface area contributed by atoms with Gasteiger partial charge in [-0.15, -0.1) is 0 Å². The van der Waals surface area contributed by atoms with Crippen molar-refractivity contribution in [1.82, 2.24) is 14.8 Å². The highest BCUT2D eigenvalue weighted by Crippen LogP contribution is 2.40. The molecule has 2 aliphatic rings. The summed E-state index contributed by atoms with van der Waals surface area (Å²) in [4.78, 5) is 34.5. The first kappa shape index (κ1) is 22.5. The predicted octanol–water partition coefficient (Wildman–Crippen LogP) is 4.57. The van der Waals surface area contributed by atoms with Gasteiger partial charge in [-0.25, -0.2) is 0 Å². The number of hydrogen-bond acceptors (Lipinski definition) is 3. The number of piperidine rings is 1. The number of hydrogen-bond donors (Lipinski definition) is 0. The molecule has 0 bridgehead atoms. The van der Waals surface area contributed by atoms with E-state index in [-0.39, 0.29) is 11.8 Å². The molecule has 0 N–H and O–H groups in total. The van der Waals surface area contributed by atoms with Gasteiger partial charge in [0.1, 0.15) is 0 Å². The van der Waals surface area contributed by atoms with Gasteiger partial charge in [0.15, 0.2) is 0 Å². The fourth-order valence-corrected chi connectivity index (χ4v) is 5.56. The second-order valence-corrected chi connectivity index (χ2v) is 9.71. The van der Waals surface area contributed by atoms with Gasteiger partial charge in [-0.3, -0.25) is 14.6 Å². The molecule has 1 saturated carbocycles. The maximum atomic E-state index is 13.5. The maximum absolute atomic E-state index is 13.5. The average molecular weight is 434 g/mol. The van der Waals surface area contributed by atoms with Crippen LogP contribution in [0.3, 0.4) is 0 Å². The third-order valence-corrected chi connectivity index (χ3v) is 7.38. The van der Waals surface area contributed by atoms with Crippen molar-refractivity contribution in [2.24, 2.45) is 11.3 Å². The van der Waals surface area contributed by atoms with Gasteiger partial charge in [-0.05, 0) is 60.9 Å². The first-order valence-electron chi connectivity index (χ1n) is 12.0. The number of nitrogens with zero attached hydrogens (tertiary/aromatic N) is 3. The van der Waals surface area contributed by atoms with Crippen LogP contribution in [0.1, 0.15) is 50.5 Å². The molecule has 1 saturated heterocycles. The van der Waals surface area contributed by atoms with Crippen LogP contribution in [-0.2, 0) is 16.0 Å². The lowest BCUT2D eigenvalue weighted by molar-refractivity contribution is -0.148. The topological polar surface area (TPSA) is 53.5 Å². The van der Waals surface area contributed by atoms with Gasteiger partial charge in [0.05, 0.1) is 5.41 Å². The van der Waals surface area contributed by atoms with Crippen molar-refractivity contribution in [3.05, 3.63) is 54.4 Å². The minimum Gasteiger partial charge on any atom is -0.348 e. The molecule has 0 spiro atoms. The van der Waals surface area contributed by atoms with Gasteiger partial charge in [0, 0.05) is 45.5 Å². The number of carbonyl (C=O) groups is 2. The Morgan fingerprint density at radius 3 is 2.31 bits per heavy atom. The summed E-state index contributed by atoms with van der Waals surface area (Å²) in [6.07, 6.45) is 11.4. The largest absolute Gasteiger partial charge is 0.348 e. The summed E-state index contributed by atoms with van der Waals surface area (Å²) in [5, 5.41) is 0. The number of carbonyl (C=O) groups excluding carboxylic acids is 2. The van der Waals surface area contributed by atoms with E-state index in [2.05, 4.69) is 23.2 Å². The summed E-state index contributed by atoms with van der Waals surface area (Å²) in [6.45, 7) is 1.35. The summed E-state index contributed by atoms with van der Waals surface area (Å²) in [7, 11) is 3.69. The number of pyridine rings is 1. The molecule has 0 unspecified atom stereocenters. The van der Waals surface area contributed by atoms with Crippen LogP contribution in [0.2, 0.25) is 0 Å². The Labute approximate surface area is 191 Å². The van der Waals surface area contributed by atoms with Crippen LogP contribution in [0.4, 0.5) is 0 Å². The smallest absolute Gasteiger partial charge is 0.228 e. The Hall–Kier alpha value is -2.69. The van der Waals surface area contributed by atoms with E-state index in [0.29, 0.717) is 38.3 Å². The summed E-state index contributed by atoms with van der Waals surface area (Å²) in [6, 6.07) is 12.4. The quantitative estimate of drug-likeness (QED) is 0.694. The highest BCUT2D eigenvalue weighted by atomic mass is 16.2. The summed E-state index contributed by atoms with van der Waals surface area (Å²) in [5.41, 5.74) is 2.98. The van der Waals surface area contributed by atoms with Crippen LogP contribution in [0.15, 0.2) is 48.8 Å². The normalized spacial score (nSPS) is 18.9. The van der Waals surface area contributed by atoms with E-state index in [1.807, 2.05) is 49.6 Å². The molecule has 1 aliphatic heterocycles. The van der Waals surface area contributed by atoms with E-state index in [1.54, 1.807) is 4.90 Å². The maximum Gasteiger partial charge on any atom is 0.228 e. The van der Waals surface area contributed by atoms with Gasteiger partial charge >= 0.3 is 0 Å². The molecular formula is C27H35N3O2. The van der Waals surface area contributed by atoms with E-state index in [4.69, 9.17) is 0 Å². The van der Waals surface area contributed by atoms with E-state index >= 15 is 0 Å². The van der Waals surface area contributed by atoms with E-state index in [9.17, 15) is 9.59 Å². The SMILES string of the molecule is CN(C)C(=O)C1(Cc2ccccc2-c2ccncc2)CCN(C(=O)C2CCCCC2)CC1. The van der Waals surface area contributed by atoms with Crippen molar-refractivity contribution in [1.29, 1.82) is 0 Å². The highest BCUT2D eigenvalue weighted by Gasteiger charge is 2.44. The molecule has 2 aromatic rings. The molecule has 0 radical (unpaired) electrons. The third-order valence-electron chi connectivity index (χ3n) is 7.38. The number of rotatable bonds is 5. The standard InChI is InChI=1S/C27H35N3O2/c1-29(2)26(32)27(14-18-30(19-15-27)25(31)22-8-4-3-5-9-22)20-23-10-6-7-11-24(23)21-12-16-28-17-13-21/h6-7,10-13,16-17,22H,3-5,8-9,14-15,18-20H2,1-2H3. The molecular weight excluding hydrogens is 398 g/mol. The van der Waals surface area contributed by atoms with Crippen molar-refractivity contribution >= 4 is 11.8 Å². The van der Waals surface area contributed by atoms with E-state index in [1.165, 1.54) is 24.8 Å².